The fraction of sp³-hybridized carbons (Fsp3) is 0.286. The highest BCUT2D eigenvalue weighted by Gasteiger charge is 2.14. The van der Waals surface area contributed by atoms with Crippen LogP contribution in [0, 0.1) is 6.92 Å². The Morgan fingerprint density at radius 2 is 1.63 bits per heavy atom. The standard InChI is InChI=1S/C14H15Cl2N3/c1-7(2)12-8(3)18-14(19-13(12)17)9-4-10(15)6-11(16)5-9/h4-7H,1-3H3,(H2,17,18,19). The molecular weight excluding hydrogens is 281 g/mol. The van der Waals surface area contributed by atoms with Gasteiger partial charge in [0.15, 0.2) is 5.82 Å². The monoisotopic (exact) mass is 295 g/mol. The lowest BCUT2D eigenvalue weighted by Gasteiger charge is -2.13. The van der Waals surface area contributed by atoms with Crippen LogP contribution in [0.2, 0.25) is 10.0 Å². The molecule has 0 unspecified atom stereocenters. The summed E-state index contributed by atoms with van der Waals surface area (Å²) in [7, 11) is 0. The fourth-order valence-electron chi connectivity index (χ4n) is 2.13. The highest BCUT2D eigenvalue weighted by atomic mass is 35.5. The maximum absolute atomic E-state index is 6.02. The van der Waals surface area contributed by atoms with Gasteiger partial charge < -0.3 is 5.73 Å². The van der Waals surface area contributed by atoms with E-state index in [1.807, 2.05) is 6.92 Å². The van der Waals surface area contributed by atoms with E-state index in [9.17, 15) is 0 Å². The molecule has 0 saturated carbocycles. The summed E-state index contributed by atoms with van der Waals surface area (Å²) in [5.74, 6) is 1.34. The molecule has 0 amide bonds. The largest absolute Gasteiger partial charge is 0.383 e. The van der Waals surface area contributed by atoms with Crippen molar-refractivity contribution < 1.29 is 0 Å². The molecule has 0 aliphatic carbocycles. The molecule has 0 radical (unpaired) electrons. The van der Waals surface area contributed by atoms with E-state index in [0.717, 1.165) is 16.8 Å². The van der Waals surface area contributed by atoms with Crippen molar-refractivity contribution in [3.8, 4) is 11.4 Å². The molecule has 100 valence electrons. The molecule has 2 rings (SSSR count). The van der Waals surface area contributed by atoms with Crippen LogP contribution in [-0.2, 0) is 0 Å². The number of anilines is 1. The van der Waals surface area contributed by atoms with Crippen molar-refractivity contribution in [2.24, 2.45) is 0 Å². The minimum Gasteiger partial charge on any atom is -0.383 e. The zero-order valence-electron chi connectivity index (χ0n) is 11.0. The quantitative estimate of drug-likeness (QED) is 0.889. The third-order valence-electron chi connectivity index (χ3n) is 2.86. The SMILES string of the molecule is Cc1nc(-c2cc(Cl)cc(Cl)c2)nc(N)c1C(C)C. The van der Waals surface area contributed by atoms with Gasteiger partial charge in [-0.25, -0.2) is 9.97 Å². The molecule has 5 heteroatoms. The Bertz CT molecular complexity index is 581. The fourth-order valence-corrected chi connectivity index (χ4v) is 2.66. The third-order valence-corrected chi connectivity index (χ3v) is 3.30. The van der Waals surface area contributed by atoms with Crippen LogP contribution in [0.1, 0.15) is 31.0 Å². The van der Waals surface area contributed by atoms with Gasteiger partial charge >= 0.3 is 0 Å². The van der Waals surface area contributed by atoms with Gasteiger partial charge in [-0.15, -0.1) is 0 Å². The summed E-state index contributed by atoms with van der Waals surface area (Å²) < 4.78 is 0. The van der Waals surface area contributed by atoms with Gasteiger partial charge in [0, 0.05) is 26.9 Å². The van der Waals surface area contributed by atoms with E-state index in [1.54, 1.807) is 18.2 Å². The number of hydrogen-bond donors (Lipinski definition) is 1. The molecule has 0 fully saturated rings. The normalized spacial score (nSPS) is 11.1. The van der Waals surface area contributed by atoms with Crippen LogP contribution >= 0.6 is 23.2 Å². The maximum Gasteiger partial charge on any atom is 0.161 e. The van der Waals surface area contributed by atoms with Crippen molar-refractivity contribution in [1.82, 2.24) is 9.97 Å². The second-order valence-corrected chi connectivity index (χ2v) is 5.62. The summed E-state index contributed by atoms with van der Waals surface area (Å²) in [5.41, 5.74) is 8.65. The zero-order valence-corrected chi connectivity index (χ0v) is 12.5. The van der Waals surface area contributed by atoms with E-state index in [1.165, 1.54) is 0 Å². The summed E-state index contributed by atoms with van der Waals surface area (Å²) in [6.45, 7) is 6.07. The predicted octanol–water partition coefficient (Wildman–Crippen LogP) is 4.46. The van der Waals surface area contributed by atoms with E-state index >= 15 is 0 Å². The first-order valence-corrected chi connectivity index (χ1v) is 6.74. The number of aromatic nitrogens is 2. The van der Waals surface area contributed by atoms with Crippen LogP contribution in [0.4, 0.5) is 5.82 Å². The molecule has 19 heavy (non-hydrogen) atoms. The maximum atomic E-state index is 6.02. The molecule has 1 aromatic carbocycles. The van der Waals surface area contributed by atoms with Crippen molar-refractivity contribution in [3.63, 3.8) is 0 Å². The molecule has 0 aliphatic rings. The number of hydrogen-bond acceptors (Lipinski definition) is 3. The Morgan fingerprint density at radius 3 is 2.11 bits per heavy atom. The Balaban J connectivity index is 2.58. The number of benzene rings is 1. The molecule has 0 saturated heterocycles. The van der Waals surface area contributed by atoms with Crippen molar-refractivity contribution in [3.05, 3.63) is 39.5 Å². The molecular formula is C14H15Cl2N3. The number of nitrogens with zero attached hydrogens (tertiary/aromatic N) is 2. The van der Waals surface area contributed by atoms with Crippen LogP contribution in [-0.4, -0.2) is 9.97 Å². The lowest BCUT2D eigenvalue weighted by atomic mass is 10.0. The van der Waals surface area contributed by atoms with Gasteiger partial charge in [0.2, 0.25) is 0 Å². The lowest BCUT2D eigenvalue weighted by Crippen LogP contribution is -2.06. The minimum absolute atomic E-state index is 0.289. The van der Waals surface area contributed by atoms with Gasteiger partial charge in [0.25, 0.3) is 0 Å². The average molecular weight is 296 g/mol. The van der Waals surface area contributed by atoms with Crippen LogP contribution in [0.5, 0.6) is 0 Å². The molecule has 0 atom stereocenters. The van der Waals surface area contributed by atoms with E-state index in [-0.39, 0.29) is 5.92 Å². The van der Waals surface area contributed by atoms with Crippen molar-refractivity contribution in [2.45, 2.75) is 26.7 Å². The van der Waals surface area contributed by atoms with Gasteiger partial charge in [-0.05, 0) is 31.0 Å². The van der Waals surface area contributed by atoms with Gasteiger partial charge in [0.1, 0.15) is 5.82 Å². The molecule has 0 bridgehead atoms. The van der Waals surface area contributed by atoms with Crippen LogP contribution in [0.15, 0.2) is 18.2 Å². The first-order valence-electron chi connectivity index (χ1n) is 5.99. The summed E-state index contributed by atoms with van der Waals surface area (Å²) in [6, 6.07) is 5.22. The smallest absolute Gasteiger partial charge is 0.161 e. The second kappa shape index (κ2) is 5.35. The molecule has 2 N–H and O–H groups in total. The number of aryl methyl sites for hydroxylation is 1. The van der Waals surface area contributed by atoms with E-state index < -0.39 is 0 Å². The summed E-state index contributed by atoms with van der Waals surface area (Å²) in [4.78, 5) is 8.86. The van der Waals surface area contributed by atoms with Crippen molar-refractivity contribution in [2.75, 3.05) is 5.73 Å². The molecule has 0 spiro atoms. The Labute approximate surface area is 122 Å². The molecule has 3 nitrogen and oxygen atoms in total. The van der Waals surface area contributed by atoms with E-state index in [2.05, 4.69) is 23.8 Å². The first-order chi connectivity index (χ1) is 8.88. The van der Waals surface area contributed by atoms with Crippen LogP contribution in [0.25, 0.3) is 11.4 Å². The highest BCUT2D eigenvalue weighted by molar-refractivity contribution is 6.35. The summed E-state index contributed by atoms with van der Waals surface area (Å²) >= 11 is 12.0. The van der Waals surface area contributed by atoms with Gasteiger partial charge in [-0.3, -0.25) is 0 Å². The Hall–Kier alpha value is -1.32. The van der Waals surface area contributed by atoms with E-state index in [4.69, 9.17) is 28.9 Å². The third kappa shape index (κ3) is 2.99. The number of nitrogen functional groups attached to an aromatic ring is 1. The number of halogens is 2. The molecule has 2 aromatic rings. The summed E-state index contributed by atoms with van der Waals surface area (Å²) in [6.07, 6.45) is 0. The van der Waals surface area contributed by atoms with Crippen molar-refractivity contribution >= 4 is 29.0 Å². The topological polar surface area (TPSA) is 51.8 Å². The molecule has 1 heterocycles. The summed E-state index contributed by atoms with van der Waals surface area (Å²) in [5, 5.41) is 1.10. The number of rotatable bonds is 2. The predicted molar refractivity (Wildman–Crippen MR) is 80.7 cm³/mol. The van der Waals surface area contributed by atoms with E-state index in [0.29, 0.717) is 21.7 Å². The molecule has 1 aromatic heterocycles. The van der Waals surface area contributed by atoms with Crippen LogP contribution < -0.4 is 5.73 Å². The number of nitrogens with two attached hydrogens (primary N) is 1. The Kier molecular flexibility index (Phi) is 3.97. The van der Waals surface area contributed by atoms with Gasteiger partial charge in [0.05, 0.1) is 0 Å². The second-order valence-electron chi connectivity index (χ2n) is 4.74. The zero-order chi connectivity index (χ0) is 14.2. The average Bonchev–Trinajstić information content (AvgIpc) is 2.25. The minimum atomic E-state index is 0.289. The van der Waals surface area contributed by atoms with Crippen LogP contribution in [0.3, 0.4) is 0 Å². The Morgan fingerprint density at radius 1 is 1.05 bits per heavy atom. The highest BCUT2D eigenvalue weighted by Crippen LogP contribution is 2.29. The first kappa shape index (κ1) is 14.1. The van der Waals surface area contributed by atoms with Gasteiger partial charge in [-0.1, -0.05) is 37.0 Å². The van der Waals surface area contributed by atoms with Gasteiger partial charge in [-0.2, -0.15) is 0 Å². The van der Waals surface area contributed by atoms with Crippen molar-refractivity contribution in [1.29, 1.82) is 0 Å². The molecule has 0 aliphatic heterocycles. The lowest BCUT2D eigenvalue weighted by molar-refractivity contribution is 0.836.